The van der Waals surface area contributed by atoms with Gasteiger partial charge in [-0.3, -0.25) is 4.18 Å². The Labute approximate surface area is 72.0 Å². The Kier molecular flexibility index (Phi) is 4.93. The second-order valence-corrected chi connectivity index (χ2v) is 5.45. The van der Waals surface area contributed by atoms with E-state index in [1.165, 1.54) is 0 Å². The molecule has 2 nitrogen and oxygen atoms in total. The van der Waals surface area contributed by atoms with Crippen LogP contribution in [0.1, 0.15) is 40.5 Å². The van der Waals surface area contributed by atoms with Crippen LogP contribution in [0, 0.1) is 0 Å². The number of hydrogen-bond donors (Lipinski definition) is 0. The first-order valence-electron chi connectivity index (χ1n) is 4.03. The summed E-state index contributed by atoms with van der Waals surface area (Å²) < 4.78 is 16.1. The molecule has 0 aliphatic heterocycles. The predicted molar refractivity (Wildman–Crippen MR) is 48.8 cm³/mol. The number of unbranched alkanes of at least 4 members (excludes halogenated alkanes) is 1. The summed E-state index contributed by atoms with van der Waals surface area (Å²) in [6, 6.07) is 0. The standard InChI is InChI=1S/C8H18O2S/c1-5-6-7-10-11(9)8(2,3)4/h5-7H2,1-4H3/t11-/m0/s1. The van der Waals surface area contributed by atoms with E-state index in [1.54, 1.807) is 0 Å². The van der Waals surface area contributed by atoms with E-state index in [-0.39, 0.29) is 4.75 Å². The van der Waals surface area contributed by atoms with Crippen molar-refractivity contribution in [3.63, 3.8) is 0 Å². The Balaban J connectivity index is 3.54. The molecule has 0 radical (unpaired) electrons. The lowest BCUT2D eigenvalue weighted by atomic mass is 10.3. The molecule has 0 saturated heterocycles. The molecule has 0 aliphatic rings. The van der Waals surface area contributed by atoms with Crippen molar-refractivity contribution in [3.8, 4) is 0 Å². The highest BCUT2D eigenvalue weighted by Gasteiger charge is 2.19. The minimum atomic E-state index is -1.14. The van der Waals surface area contributed by atoms with Gasteiger partial charge in [0.1, 0.15) is 0 Å². The van der Waals surface area contributed by atoms with E-state index in [9.17, 15) is 4.21 Å². The lowest BCUT2D eigenvalue weighted by Gasteiger charge is -2.16. The van der Waals surface area contributed by atoms with E-state index in [2.05, 4.69) is 6.92 Å². The van der Waals surface area contributed by atoms with Crippen LogP contribution in [0.15, 0.2) is 0 Å². The topological polar surface area (TPSA) is 26.3 Å². The van der Waals surface area contributed by atoms with Gasteiger partial charge in [0.05, 0.1) is 11.4 Å². The van der Waals surface area contributed by atoms with Crippen LogP contribution in [0.25, 0.3) is 0 Å². The van der Waals surface area contributed by atoms with Crippen molar-refractivity contribution in [2.45, 2.75) is 45.3 Å². The van der Waals surface area contributed by atoms with Crippen LogP contribution in [0.4, 0.5) is 0 Å². The second-order valence-electron chi connectivity index (χ2n) is 3.52. The maximum atomic E-state index is 11.2. The first-order chi connectivity index (χ1) is 4.98. The van der Waals surface area contributed by atoms with E-state index in [0.717, 1.165) is 12.8 Å². The van der Waals surface area contributed by atoms with E-state index >= 15 is 0 Å². The summed E-state index contributed by atoms with van der Waals surface area (Å²) >= 11 is -1.14. The number of rotatable bonds is 4. The van der Waals surface area contributed by atoms with Gasteiger partial charge in [0.25, 0.3) is 0 Å². The zero-order valence-corrected chi connectivity index (χ0v) is 8.66. The monoisotopic (exact) mass is 178 g/mol. The van der Waals surface area contributed by atoms with Crippen LogP contribution in [0.3, 0.4) is 0 Å². The quantitative estimate of drug-likeness (QED) is 0.617. The molecular formula is C8H18O2S. The fourth-order valence-electron chi connectivity index (χ4n) is 0.456. The molecule has 0 unspecified atom stereocenters. The molecule has 0 aliphatic carbocycles. The van der Waals surface area contributed by atoms with Gasteiger partial charge in [0, 0.05) is 0 Å². The van der Waals surface area contributed by atoms with Crippen molar-refractivity contribution in [3.05, 3.63) is 0 Å². The van der Waals surface area contributed by atoms with Gasteiger partial charge in [-0.2, -0.15) is 0 Å². The van der Waals surface area contributed by atoms with E-state index in [0.29, 0.717) is 6.61 Å². The highest BCUT2D eigenvalue weighted by Crippen LogP contribution is 2.12. The lowest BCUT2D eigenvalue weighted by molar-refractivity contribution is 0.328. The highest BCUT2D eigenvalue weighted by molar-refractivity contribution is 7.81. The fourth-order valence-corrected chi connectivity index (χ4v) is 1.08. The summed E-state index contributed by atoms with van der Waals surface area (Å²) in [5.74, 6) is 0. The Hall–Kier alpha value is 0.110. The molecule has 0 aromatic heterocycles. The van der Waals surface area contributed by atoms with Crippen molar-refractivity contribution < 1.29 is 8.39 Å². The Morgan fingerprint density at radius 2 is 1.91 bits per heavy atom. The van der Waals surface area contributed by atoms with Crippen LogP contribution in [0.2, 0.25) is 0 Å². The molecule has 11 heavy (non-hydrogen) atoms. The molecule has 0 aromatic rings. The summed E-state index contributed by atoms with van der Waals surface area (Å²) in [6.45, 7) is 8.43. The van der Waals surface area contributed by atoms with Crippen LogP contribution < -0.4 is 0 Å². The normalized spacial score (nSPS) is 14.9. The van der Waals surface area contributed by atoms with Crippen molar-refractivity contribution in [2.24, 2.45) is 0 Å². The van der Waals surface area contributed by atoms with Crippen molar-refractivity contribution in [1.29, 1.82) is 0 Å². The molecule has 0 amide bonds. The van der Waals surface area contributed by atoms with E-state index < -0.39 is 11.1 Å². The average Bonchev–Trinajstić information content (AvgIpc) is 1.86. The predicted octanol–water partition coefficient (Wildman–Crippen LogP) is 2.27. The second kappa shape index (κ2) is 4.88. The summed E-state index contributed by atoms with van der Waals surface area (Å²) in [7, 11) is 0. The Bertz CT molecular complexity index is 127. The molecule has 0 aromatic carbocycles. The van der Waals surface area contributed by atoms with Gasteiger partial charge in [-0.05, 0) is 27.2 Å². The van der Waals surface area contributed by atoms with E-state index in [1.807, 2.05) is 20.8 Å². The molecule has 0 fully saturated rings. The summed E-state index contributed by atoms with van der Waals surface area (Å²) in [6.07, 6.45) is 2.07. The smallest absolute Gasteiger partial charge is 0.160 e. The third-order valence-corrected chi connectivity index (χ3v) is 2.57. The van der Waals surface area contributed by atoms with Gasteiger partial charge in [-0.15, -0.1) is 0 Å². The van der Waals surface area contributed by atoms with Crippen LogP contribution >= 0.6 is 0 Å². The highest BCUT2D eigenvalue weighted by atomic mass is 32.2. The van der Waals surface area contributed by atoms with Gasteiger partial charge >= 0.3 is 0 Å². The first kappa shape index (κ1) is 11.1. The van der Waals surface area contributed by atoms with Crippen LogP contribution in [-0.2, 0) is 15.3 Å². The van der Waals surface area contributed by atoms with Gasteiger partial charge in [0.2, 0.25) is 0 Å². The minimum Gasteiger partial charge on any atom is -0.290 e. The van der Waals surface area contributed by atoms with Crippen LogP contribution in [-0.4, -0.2) is 15.6 Å². The van der Waals surface area contributed by atoms with Crippen LogP contribution in [0.5, 0.6) is 0 Å². The average molecular weight is 178 g/mol. The van der Waals surface area contributed by atoms with Gasteiger partial charge in [-0.25, -0.2) is 4.21 Å². The minimum absolute atomic E-state index is 0.242. The third kappa shape index (κ3) is 5.39. The largest absolute Gasteiger partial charge is 0.290 e. The maximum absolute atomic E-state index is 11.2. The fraction of sp³-hybridized carbons (Fsp3) is 1.00. The first-order valence-corrected chi connectivity index (χ1v) is 5.11. The maximum Gasteiger partial charge on any atom is 0.160 e. The Morgan fingerprint density at radius 1 is 1.36 bits per heavy atom. The number of hydrogen-bond acceptors (Lipinski definition) is 2. The van der Waals surface area contributed by atoms with Crippen molar-refractivity contribution in [1.82, 2.24) is 0 Å². The molecule has 3 heteroatoms. The Morgan fingerprint density at radius 3 is 2.27 bits per heavy atom. The molecule has 0 saturated carbocycles. The zero-order valence-electron chi connectivity index (χ0n) is 7.85. The molecule has 68 valence electrons. The molecule has 0 bridgehead atoms. The lowest BCUT2D eigenvalue weighted by Crippen LogP contribution is -2.23. The molecular weight excluding hydrogens is 160 g/mol. The van der Waals surface area contributed by atoms with E-state index in [4.69, 9.17) is 4.18 Å². The summed E-state index contributed by atoms with van der Waals surface area (Å²) in [4.78, 5) is 0. The molecule has 0 spiro atoms. The van der Waals surface area contributed by atoms with Gasteiger partial charge in [0.15, 0.2) is 11.1 Å². The molecule has 0 rings (SSSR count). The molecule has 1 atom stereocenters. The zero-order chi connectivity index (χ0) is 8.91. The van der Waals surface area contributed by atoms with Gasteiger partial charge in [-0.1, -0.05) is 13.3 Å². The third-order valence-electron chi connectivity index (χ3n) is 1.19. The molecule has 0 N–H and O–H groups in total. The summed E-state index contributed by atoms with van der Waals surface area (Å²) in [5.41, 5.74) is 0. The molecule has 0 heterocycles. The van der Waals surface area contributed by atoms with Gasteiger partial charge < -0.3 is 0 Å². The van der Waals surface area contributed by atoms with Crippen molar-refractivity contribution >= 4 is 11.1 Å². The van der Waals surface area contributed by atoms with Crippen molar-refractivity contribution in [2.75, 3.05) is 6.61 Å². The summed E-state index contributed by atoms with van der Waals surface area (Å²) in [5, 5.41) is 0. The SMILES string of the molecule is CCCCO[S@](=O)C(C)(C)C.